The van der Waals surface area contributed by atoms with Gasteiger partial charge in [-0.25, -0.2) is 0 Å². The number of nitrogens with zero attached hydrogens (tertiary/aromatic N) is 2. The minimum atomic E-state index is 0.957. The molecule has 3 rings (SSSR count). The Morgan fingerprint density at radius 2 is 2.18 bits per heavy atom. The Hall–Kier alpha value is -1.45. The second kappa shape index (κ2) is 6.76. The number of likely N-dealkylation sites (N-methyl/N-ethyl adjacent to an activating group) is 1. The maximum absolute atomic E-state index is 5.00. The largest absolute Gasteiger partial charge is 0.313 e. The van der Waals surface area contributed by atoms with Gasteiger partial charge >= 0.3 is 0 Å². The molecule has 0 aliphatic carbocycles. The van der Waals surface area contributed by atoms with Gasteiger partial charge in [-0.2, -0.15) is 0 Å². The van der Waals surface area contributed by atoms with Gasteiger partial charge in [0.05, 0.1) is 5.52 Å². The van der Waals surface area contributed by atoms with Crippen LogP contribution in [0.5, 0.6) is 0 Å². The smallest absolute Gasteiger partial charge is 0.0737 e. The SMILES string of the molecule is CCCCNCc1c2c(nc3c(C)cccc13)CCN(C)C2. The molecule has 0 saturated carbocycles. The van der Waals surface area contributed by atoms with Gasteiger partial charge in [0.15, 0.2) is 0 Å². The predicted molar refractivity (Wildman–Crippen MR) is 93.1 cm³/mol. The summed E-state index contributed by atoms with van der Waals surface area (Å²) in [6.45, 7) is 8.60. The molecule has 2 aromatic rings. The van der Waals surface area contributed by atoms with Gasteiger partial charge in [0.25, 0.3) is 0 Å². The predicted octanol–water partition coefficient (Wildman–Crippen LogP) is 3.42. The van der Waals surface area contributed by atoms with Crippen LogP contribution in [-0.2, 0) is 19.5 Å². The molecule has 3 heteroatoms. The molecular weight excluding hydrogens is 270 g/mol. The third kappa shape index (κ3) is 3.01. The molecule has 1 aliphatic heterocycles. The highest BCUT2D eigenvalue weighted by Crippen LogP contribution is 2.29. The summed E-state index contributed by atoms with van der Waals surface area (Å²) >= 11 is 0. The highest BCUT2D eigenvalue weighted by molar-refractivity contribution is 5.86. The molecule has 0 fully saturated rings. The van der Waals surface area contributed by atoms with Crippen LogP contribution in [0.2, 0.25) is 0 Å². The Kier molecular flexibility index (Phi) is 4.74. The molecule has 118 valence electrons. The quantitative estimate of drug-likeness (QED) is 0.857. The molecular formula is C19H27N3. The molecule has 3 nitrogen and oxygen atoms in total. The molecule has 0 amide bonds. The molecule has 1 aliphatic rings. The van der Waals surface area contributed by atoms with Crippen LogP contribution in [0.3, 0.4) is 0 Å². The minimum Gasteiger partial charge on any atom is -0.313 e. The zero-order valence-electron chi connectivity index (χ0n) is 14.1. The summed E-state index contributed by atoms with van der Waals surface area (Å²) in [6, 6.07) is 6.57. The molecule has 0 bridgehead atoms. The van der Waals surface area contributed by atoms with E-state index in [1.54, 1.807) is 0 Å². The van der Waals surface area contributed by atoms with Crippen molar-refractivity contribution in [3.63, 3.8) is 0 Å². The van der Waals surface area contributed by atoms with Crippen molar-refractivity contribution in [2.45, 2.75) is 46.2 Å². The standard InChI is InChI=1S/C19H27N3/c1-4-5-10-20-12-16-15-8-6-7-14(2)19(15)21-18-9-11-22(3)13-17(16)18/h6-8,20H,4-5,9-13H2,1-3H3. The van der Waals surface area contributed by atoms with Gasteiger partial charge in [-0.3, -0.25) is 4.98 Å². The number of aromatic nitrogens is 1. The maximum Gasteiger partial charge on any atom is 0.0737 e. The van der Waals surface area contributed by atoms with Crippen LogP contribution in [0.15, 0.2) is 18.2 Å². The normalized spacial score (nSPS) is 15.2. The lowest BCUT2D eigenvalue weighted by Gasteiger charge is -2.27. The number of hydrogen-bond donors (Lipinski definition) is 1. The van der Waals surface area contributed by atoms with E-state index in [0.717, 1.165) is 32.6 Å². The van der Waals surface area contributed by atoms with Gasteiger partial charge in [-0.1, -0.05) is 31.5 Å². The van der Waals surface area contributed by atoms with E-state index in [4.69, 9.17) is 4.98 Å². The van der Waals surface area contributed by atoms with E-state index in [2.05, 4.69) is 49.3 Å². The van der Waals surface area contributed by atoms with Crippen molar-refractivity contribution in [1.82, 2.24) is 15.2 Å². The number of para-hydroxylation sites is 1. The molecule has 0 saturated heterocycles. The fraction of sp³-hybridized carbons (Fsp3) is 0.526. The molecule has 1 N–H and O–H groups in total. The summed E-state index contributed by atoms with van der Waals surface area (Å²) in [5.74, 6) is 0. The van der Waals surface area contributed by atoms with Crippen molar-refractivity contribution in [3.05, 3.63) is 40.6 Å². The highest BCUT2D eigenvalue weighted by Gasteiger charge is 2.20. The summed E-state index contributed by atoms with van der Waals surface area (Å²) < 4.78 is 0. The zero-order chi connectivity index (χ0) is 15.5. The van der Waals surface area contributed by atoms with E-state index in [1.165, 1.54) is 46.1 Å². The Morgan fingerprint density at radius 3 is 3.00 bits per heavy atom. The molecule has 1 aromatic carbocycles. The summed E-state index contributed by atoms with van der Waals surface area (Å²) in [5.41, 5.74) is 6.71. The molecule has 0 atom stereocenters. The molecule has 1 aromatic heterocycles. The average Bonchev–Trinajstić information content (AvgIpc) is 2.52. The lowest BCUT2D eigenvalue weighted by molar-refractivity contribution is 0.308. The first kappa shape index (κ1) is 15.4. The van der Waals surface area contributed by atoms with Crippen LogP contribution >= 0.6 is 0 Å². The lowest BCUT2D eigenvalue weighted by Crippen LogP contribution is -2.29. The summed E-state index contributed by atoms with van der Waals surface area (Å²) in [4.78, 5) is 7.40. The van der Waals surface area contributed by atoms with Gasteiger partial charge < -0.3 is 10.2 Å². The number of unbranched alkanes of at least 4 members (excludes halogenated alkanes) is 1. The first-order chi connectivity index (χ1) is 10.7. The van der Waals surface area contributed by atoms with E-state index < -0.39 is 0 Å². The van der Waals surface area contributed by atoms with Gasteiger partial charge in [0.2, 0.25) is 0 Å². The molecule has 0 spiro atoms. The third-order valence-corrected chi connectivity index (χ3v) is 4.69. The van der Waals surface area contributed by atoms with E-state index in [0.29, 0.717) is 0 Å². The van der Waals surface area contributed by atoms with Crippen LogP contribution < -0.4 is 5.32 Å². The summed E-state index contributed by atoms with van der Waals surface area (Å²) in [5, 5.41) is 4.96. The Labute approximate surface area is 133 Å². The van der Waals surface area contributed by atoms with Crippen LogP contribution in [0.25, 0.3) is 10.9 Å². The first-order valence-electron chi connectivity index (χ1n) is 8.50. The number of pyridine rings is 1. The first-order valence-corrected chi connectivity index (χ1v) is 8.50. The summed E-state index contributed by atoms with van der Waals surface area (Å²) in [7, 11) is 2.21. The highest BCUT2D eigenvalue weighted by atomic mass is 15.1. The van der Waals surface area contributed by atoms with Gasteiger partial charge in [0.1, 0.15) is 0 Å². The van der Waals surface area contributed by atoms with Crippen molar-refractivity contribution in [1.29, 1.82) is 0 Å². The molecule has 0 radical (unpaired) electrons. The second-order valence-electron chi connectivity index (χ2n) is 6.50. The summed E-state index contributed by atoms with van der Waals surface area (Å²) in [6.07, 6.45) is 3.55. The van der Waals surface area contributed by atoms with Crippen molar-refractivity contribution in [3.8, 4) is 0 Å². The second-order valence-corrected chi connectivity index (χ2v) is 6.50. The van der Waals surface area contributed by atoms with Crippen molar-refractivity contribution in [2.24, 2.45) is 0 Å². The Morgan fingerprint density at radius 1 is 1.32 bits per heavy atom. The van der Waals surface area contributed by atoms with Gasteiger partial charge in [-0.05, 0) is 43.6 Å². The maximum atomic E-state index is 5.00. The van der Waals surface area contributed by atoms with Crippen LogP contribution in [-0.4, -0.2) is 30.0 Å². The zero-order valence-corrected chi connectivity index (χ0v) is 14.1. The monoisotopic (exact) mass is 297 g/mol. The fourth-order valence-electron chi connectivity index (χ4n) is 3.35. The minimum absolute atomic E-state index is 0.957. The van der Waals surface area contributed by atoms with Crippen molar-refractivity contribution >= 4 is 10.9 Å². The van der Waals surface area contributed by atoms with Crippen LogP contribution in [0, 0.1) is 6.92 Å². The number of fused-ring (bicyclic) bond motifs is 2. The average molecular weight is 297 g/mol. The topological polar surface area (TPSA) is 28.2 Å². The Bertz CT molecular complexity index is 663. The number of hydrogen-bond acceptors (Lipinski definition) is 3. The van der Waals surface area contributed by atoms with Crippen LogP contribution in [0.4, 0.5) is 0 Å². The molecule has 0 unspecified atom stereocenters. The third-order valence-electron chi connectivity index (χ3n) is 4.69. The molecule has 22 heavy (non-hydrogen) atoms. The fourth-order valence-corrected chi connectivity index (χ4v) is 3.35. The van der Waals surface area contributed by atoms with Gasteiger partial charge in [-0.15, -0.1) is 0 Å². The van der Waals surface area contributed by atoms with E-state index in [-0.39, 0.29) is 0 Å². The van der Waals surface area contributed by atoms with Crippen molar-refractivity contribution in [2.75, 3.05) is 20.1 Å². The number of nitrogens with one attached hydrogen (secondary N) is 1. The van der Waals surface area contributed by atoms with E-state index in [9.17, 15) is 0 Å². The number of rotatable bonds is 5. The number of benzene rings is 1. The Balaban J connectivity index is 2.04. The van der Waals surface area contributed by atoms with E-state index >= 15 is 0 Å². The molecule has 2 heterocycles. The van der Waals surface area contributed by atoms with E-state index in [1.807, 2.05) is 0 Å². The lowest BCUT2D eigenvalue weighted by atomic mass is 9.94. The van der Waals surface area contributed by atoms with Gasteiger partial charge in [0, 0.05) is 37.1 Å². The number of aryl methyl sites for hydroxylation is 1. The van der Waals surface area contributed by atoms with Crippen molar-refractivity contribution < 1.29 is 0 Å². The van der Waals surface area contributed by atoms with Crippen LogP contribution in [0.1, 0.15) is 42.1 Å².